The second-order valence-electron chi connectivity index (χ2n) is 3.35. The van der Waals surface area contributed by atoms with Crippen molar-refractivity contribution in [3.63, 3.8) is 0 Å². The maximum absolute atomic E-state index is 11.6. The lowest BCUT2D eigenvalue weighted by atomic mass is 10.2. The van der Waals surface area contributed by atoms with Crippen molar-refractivity contribution in [1.82, 2.24) is 0 Å². The van der Waals surface area contributed by atoms with Gasteiger partial charge < -0.3 is 9.84 Å². The Morgan fingerprint density at radius 2 is 2.12 bits per heavy atom. The molecule has 1 aromatic carbocycles. The van der Waals surface area contributed by atoms with Crippen LogP contribution in [0.2, 0.25) is 0 Å². The van der Waals surface area contributed by atoms with Crippen LogP contribution in [0.3, 0.4) is 0 Å². The summed E-state index contributed by atoms with van der Waals surface area (Å²) in [6, 6.07) is 5.93. The van der Waals surface area contributed by atoms with Crippen LogP contribution < -0.4 is 0 Å². The number of esters is 1. The standard InChI is InChI=1S/C12H9NO4/c14-9-5-2-1-4-8(9)12(16)17-11-10(15)6-3-7-13-11/h1-5,7,14H,6H2. The fourth-order valence-electron chi connectivity index (χ4n) is 1.31. The van der Waals surface area contributed by atoms with Gasteiger partial charge in [0.1, 0.15) is 11.3 Å². The van der Waals surface area contributed by atoms with E-state index >= 15 is 0 Å². The Balaban J connectivity index is 2.18. The van der Waals surface area contributed by atoms with Crippen LogP contribution in [0.1, 0.15) is 16.8 Å². The first-order valence-electron chi connectivity index (χ1n) is 4.94. The second-order valence-corrected chi connectivity index (χ2v) is 3.35. The third-order valence-corrected chi connectivity index (χ3v) is 2.15. The van der Waals surface area contributed by atoms with Crippen molar-refractivity contribution < 1.29 is 19.4 Å². The SMILES string of the molecule is O=C1CC=CN=C1OC(=O)c1ccccc1O. The minimum absolute atomic E-state index is 0.00227. The third-order valence-electron chi connectivity index (χ3n) is 2.15. The normalized spacial score (nSPS) is 14.4. The summed E-state index contributed by atoms with van der Waals surface area (Å²) in [5, 5.41) is 9.44. The number of rotatable bonds is 1. The Morgan fingerprint density at radius 1 is 1.35 bits per heavy atom. The summed E-state index contributed by atoms with van der Waals surface area (Å²) in [6.45, 7) is 0. The molecule has 5 heteroatoms. The van der Waals surface area contributed by atoms with Gasteiger partial charge in [0, 0.05) is 12.6 Å². The first kappa shape index (κ1) is 11.1. The number of hydrogen-bond acceptors (Lipinski definition) is 5. The number of carbonyl (C=O) groups excluding carboxylic acids is 2. The lowest BCUT2D eigenvalue weighted by Crippen LogP contribution is -2.22. The Kier molecular flexibility index (Phi) is 3.00. The molecule has 2 rings (SSSR count). The number of aliphatic imine (C=N–C) groups is 1. The average Bonchev–Trinajstić information content (AvgIpc) is 2.32. The zero-order valence-corrected chi connectivity index (χ0v) is 8.79. The zero-order chi connectivity index (χ0) is 12.3. The first-order chi connectivity index (χ1) is 8.18. The van der Waals surface area contributed by atoms with E-state index in [9.17, 15) is 14.7 Å². The van der Waals surface area contributed by atoms with Crippen molar-refractivity contribution >= 4 is 17.7 Å². The van der Waals surface area contributed by atoms with Gasteiger partial charge in [-0.25, -0.2) is 9.79 Å². The van der Waals surface area contributed by atoms with Gasteiger partial charge in [-0.05, 0) is 12.1 Å². The van der Waals surface area contributed by atoms with Crippen molar-refractivity contribution in [2.75, 3.05) is 0 Å². The average molecular weight is 231 g/mol. The van der Waals surface area contributed by atoms with E-state index in [1.165, 1.54) is 18.3 Å². The summed E-state index contributed by atoms with van der Waals surface area (Å²) in [7, 11) is 0. The van der Waals surface area contributed by atoms with Crippen LogP contribution in [0, 0.1) is 0 Å². The van der Waals surface area contributed by atoms with Crippen LogP contribution in [0.25, 0.3) is 0 Å². The number of ether oxygens (including phenoxy) is 1. The molecule has 0 atom stereocenters. The van der Waals surface area contributed by atoms with Crippen LogP contribution >= 0.6 is 0 Å². The van der Waals surface area contributed by atoms with Crippen LogP contribution in [0.4, 0.5) is 0 Å². The topological polar surface area (TPSA) is 76.0 Å². The van der Waals surface area contributed by atoms with E-state index in [4.69, 9.17) is 4.74 Å². The van der Waals surface area contributed by atoms with Crippen LogP contribution in [0.5, 0.6) is 5.75 Å². The molecule has 1 aliphatic rings. The number of phenolic OH excluding ortho intramolecular Hbond substituents is 1. The van der Waals surface area contributed by atoms with Crippen molar-refractivity contribution in [3.05, 3.63) is 42.1 Å². The number of hydrogen-bond donors (Lipinski definition) is 1. The Hall–Kier alpha value is -2.43. The minimum Gasteiger partial charge on any atom is -0.507 e. The minimum atomic E-state index is -0.800. The number of nitrogens with zero attached hydrogens (tertiary/aromatic N) is 1. The van der Waals surface area contributed by atoms with Crippen molar-refractivity contribution in [1.29, 1.82) is 0 Å². The number of ketones is 1. The molecule has 1 aliphatic heterocycles. The highest BCUT2D eigenvalue weighted by Gasteiger charge is 2.20. The third kappa shape index (κ3) is 2.39. The highest BCUT2D eigenvalue weighted by atomic mass is 16.5. The Labute approximate surface area is 97.1 Å². The number of carbonyl (C=O) groups is 2. The van der Waals surface area contributed by atoms with Crippen LogP contribution in [-0.4, -0.2) is 22.8 Å². The summed E-state index contributed by atoms with van der Waals surface area (Å²) in [4.78, 5) is 26.6. The molecular weight excluding hydrogens is 222 g/mol. The molecule has 0 saturated carbocycles. The van der Waals surface area contributed by atoms with Gasteiger partial charge in [-0.1, -0.05) is 18.2 Å². The molecule has 1 N–H and O–H groups in total. The van der Waals surface area contributed by atoms with Gasteiger partial charge >= 0.3 is 5.97 Å². The van der Waals surface area contributed by atoms with Crippen molar-refractivity contribution in [2.24, 2.45) is 4.99 Å². The molecule has 0 bridgehead atoms. The molecule has 0 radical (unpaired) electrons. The molecule has 0 aromatic heterocycles. The number of allylic oxidation sites excluding steroid dienone is 1. The zero-order valence-electron chi connectivity index (χ0n) is 8.79. The lowest BCUT2D eigenvalue weighted by Gasteiger charge is -2.08. The molecule has 0 fully saturated rings. The van der Waals surface area contributed by atoms with E-state index in [2.05, 4.69) is 4.99 Å². The van der Waals surface area contributed by atoms with Crippen LogP contribution in [-0.2, 0) is 9.53 Å². The van der Waals surface area contributed by atoms with E-state index in [1.54, 1.807) is 18.2 Å². The van der Waals surface area contributed by atoms with Gasteiger partial charge in [0.25, 0.3) is 5.90 Å². The number of aromatic hydroxyl groups is 1. The molecule has 86 valence electrons. The predicted octanol–water partition coefficient (Wildman–Crippen LogP) is 1.43. The second kappa shape index (κ2) is 4.61. The number of benzene rings is 1. The molecule has 0 amide bonds. The van der Waals surface area contributed by atoms with Gasteiger partial charge in [0.2, 0.25) is 5.78 Å². The van der Waals surface area contributed by atoms with E-state index < -0.39 is 5.97 Å². The van der Waals surface area contributed by atoms with Gasteiger partial charge in [0.05, 0.1) is 0 Å². The molecule has 5 nitrogen and oxygen atoms in total. The maximum atomic E-state index is 11.6. The molecule has 1 heterocycles. The molecule has 0 aliphatic carbocycles. The maximum Gasteiger partial charge on any atom is 0.348 e. The fourth-order valence-corrected chi connectivity index (χ4v) is 1.31. The van der Waals surface area contributed by atoms with E-state index in [1.807, 2.05) is 0 Å². The van der Waals surface area contributed by atoms with Gasteiger partial charge in [-0.2, -0.15) is 0 Å². The summed E-state index contributed by atoms with van der Waals surface area (Å²) in [5.41, 5.74) is -0.00227. The van der Waals surface area contributed by atoms with Crippen LogP contribution in [0.15, 0.2) is 41.5 Å². The Bertz CT molecular complexity index is 531. The number of phenols is 1. The van der Waals surface area contributed by atoms with E-state index in [0.29, 0.717) is 0 Å². The highest BCUT2D eigenvalue weighted by Crippen LogP contribution is 2.17. The highest BCUT2D eigenvalue weighted by molar-refractivity contribution is 6.39. The molecule has 17 heavy (non-hydrogen) atoms. The Morgan fingerprint density at radius 3 is 2.82 bits per heavy atom. The molecule has 0 spiro atoms. The summed E-state index contributed by atoms with van der Waals surface area (Å²) >= 11 is 0. The smallest absolute Gasteiger partial charge is 0.348 e. The largest absolute Gasteiger partial charge is 0.507 e. The quantitative estimate of drug-likeness (QED) is 0.742. The molecule has 1 aromatic rings. The molecule has 0 saturated heterocycles. The first-order valence-corrected chi connectivity index (χ1v) is 4.94. The van der Waals surface area contributed by atoms with Crippen molar-refractivity contribution in [2.45, 2.75) is 6.42 Å². The van der Waals surface area contributed by atoms with E-state index in [-0.39, 0.29) is 29.4 Å². The lowest BCUT2D eigenvalue weighted by molar-refractivity contribution is -0.113. The molecular formula is C12H9NO4. The monoisotopic (exact) mass is 231 g/mol. The van der Waals surface area contributed by atoms with Gasteiger partial charge in [0.15, 0.2) is 0 Å². The van der Waals surface area contributed by atoms with Gasteiger partial charge in [-0.15, -0.1) is 0 Å². The van der Waals surface area contributed by atoms with Crippen molar-refractivity contribution in [3.8, 4) is 5.75 Å². The number of Topliss-reactive ketones (excluding diaryl/α,β-unsaturated/α-hetero) is 1. The van der Waals surface area contributed by atoms with E-state index in [0.717, 1.165) is 0 Å². The summed E-state index contributed by atoms with van der Waals surface area (Å²) in [5.74, 6) is -1.61. The molecule has 0 unspecified atom stereocenters. The van der Waals surface area contributed by atoms with Gasteiger partial charge in [-0.3, -0.25) is 4.79 Å². The predicted molar refractivity (Wildman–Crippen MR) is 59.7 cm³/mol. The summed E-state index contributed by atoms with van der Waals surface area (Å²) in [6.07, 6.45) is 3.13. The summed E-state index contributed by atoms with van der Waals surface area (Å²) < 4.78 is 4.82. The number of para-hydroxylation sites is 1. The fraction of sp³-hybridized carbons (Fsp3) is 0.0833.